The fraction of sp³-hybridized carbons (Fsp3) is 0.333. The van der Waals surface area contributed by atoms with Crippen LogP contribution < -0.4 is 4.74 Å². The van der Waals surface area contributed by atoms with E-state index in [4.69, 9.17) is 4.74 Å². The lowest BCUT2D eigenvalue weighted by atomic mass is 10.1. The maximum atomic E-state index is 9.64. The third-order valence-corrected chi connectivity index (χ3v) is 5.97. The SMILES string of the molecule is Cc1cc(-c2cc3ccc(O)cc3s2)ccc1OCCN1CCCC1. The van der Waals surface area contributed by atoms with Crippen molar-refractivity contribution in [1.82, 2.24) is 4.90 Å². The topological polar surface area (TPSA) is 32.7 Å². The third-order valence-electron chi connectivity index (χ3n) is 4.83. The first kappa shape index (κ1) is 16.4. The zero-order chi connectivity index (χ0) is 17.2. The number of nitrogens with zero attached hydrogens (tertiary/aromatic N) is 1. The number of aromatic hydroxyl groups is 1. The van der Waals surface area contributed by atoms with Gasteiger partial charge in [0, 0.05) is 16.1 Å². The van der Waals surface area contributed by atoms with Gasteiger partial charge in [-0.3, -0.25) is 4.90 Å². The molecule has 0 unspecified atom stereocenters. The van der Waals surface area contributed by atoms with Crippen LogP contribution in [0.1, 0.15) is 18.4 Å². The highest BCUT2D eigenvalue weighted by Crippen LogP contribution is 2.36. The number of hydrogen-bond donors (Lipinski definition) is 1. The maximum absolute atomic E-state index is 9.64. The average Bonchev–Trinajstić information content (AvgIpc) is 3.25. The first-order valence-corrected chi connectivity index (χ1v) is 9.69. The van der Waals surface area contributed by atoms with E-state index >= 15 is 0 Å². The number of benzene rings is 2. The van der Waals surface area contributed by atoms with Gasteiger partial charge in [-0.1, -0.05) is 0 Å². The van der Waals surface area contributed by atoms with E-state index in [-0.39, 0.29) is 0 Å². The standard InChI is InChI=1S/C21H23NO2S/c1-15-12-16(20-13-17-4-6-18(23)14-21(17)25-20)5-7-19(15)24-11-10-22-8-2-3-9-22/h4-7,12-14,23H,2-3,8-11H2,1H3. The molecule has 3 nitrogen and oxygen atoms in total. The number of hydrogen-bond acceptors (Lipinski definition) is 4. The number of phenols is 1. The van der Waals surface area contributed by atoms with Gasteiger partial charge >= 0.3 is 0 Å². The van der Waals surface area contributed by atoms with Crippen LogP contribution in [0.3, 0.4) is 0 Å². The van der Waals surface area contributed by atoms with Gasteiger partial charge in [-0.05, 0) is 91.8 Å². The Kier molecular flexibility index (Phi) is 4.64. The van der Waals surface area contributed by atoms with Gasteiger partial charge in [-0.15, -0.1) is 11.3 Å². The van der Waals surface area contributed by atoms with Crippen molar-refractivity contribution in [1.29, 1.82) is 0 Å². The molecule has 1 fully saturated rings. The summed E-state index contributed by atoms with van der Waals surface area (Å²) in [6, 6.07) is 14.1. The second-order valence-electron chi connectivity index (χ2n) is 6.71. The van der Waals surface area contributed by atoms with Crippen LogP contribution >= 0.6 is 11.3 Å². The minimum Gasteiger partial charge on any atom is -0.508 e. The Balaban J connectivity index is 1.48. The largest absolute Gasteiger partial charge is 0.508 e. The number of thiophene rings is 1. The van der Waals surface area contributed by atoms with Crippen molar-refractivity contribution in [3.8, 4) is 21.9 Å². The molecule has 0 amide bonds. The highest BCUT2D eigenvalue weighted by Gasteiger charge is 2.12. The Morgan fingerprint density at radius 2 is 1.92 bits per heavy atom. The highest BCUT2D eigenvalue weighted by molar-refractivity contribution is 7.22. The second-order valence-corrected chi connectivity index (χ2v) is 7.79. The molecule has 25 heavy (non-hydrogen) atoms. The van der Waals surface area contributed by atoms with Crippen LogP contribution in [-0.2, 0) is 0 Å². The van der Waals surface area contributed by atoms with E-state index in [0.29, 0.717) is 5.75 Å². The maximum Gasteiger partial charge on any atom is 0.122 e. The molecule has 130 valence electrons. The van der Waals surface area contributed by atoms with Crippen molar-refractivity contribution >= 4 is 21.4 Å². The van der Waals surface area contributed by atoms with Gasteiger partial charge in [0.2, 0.25) is 0 Å². The summed E-state index contributed by atoms with van der Waals surface area (Å²) in [5, 5.41) is 10.8. The Bertz CT molecular complexity index is 881. The number of phenolic OH excluding ortho intramolecular Hbond substituents is 1. The quantitative estimate of drug-likeness (QED) is 0.696. The van der Waals surface area contributed by atoms with Gasteiger partial charge in [-0.25, -0.2) is 0 Å². The minimum absolute atomic E-state index is 0.318. The molecule has 0 atom stereocenters. The van der Waals surface area contributed by atoms with Crippen molar-refractivity contribution in [3.63, 3.8) is 0 Å². The van der Waals surface area contributed by atoms with Gasteiger partial charge in [0.15, 0.2) is 0 Å². The Hall–Kier alpha value is -2.04. The summed E-state index contributed by atoms with van der Waals surface area (Å²) in [7, 11) is 0. The zero-order valence-electron chi connectivity index (χ0n) is 14.5. The summed E-state index contributed by atoms with van der Waals surface area (Å²) in [4.78, 5) is 3.68. The predicted octanol–water partition coefficient (Wildman–Crippen LogP) is 5.06. The Morgan fingerprint density at radius 3 is 2.72 bits per heavy atom. The summed E-state index contributed by atoms with van der Waals surface area (Å²) in [5.41, 5.74) is 2.37. The van der Waals surface area contributed by atoms with Gasteiger partial charge in [0.1, 0.15) is 18.1 Å². The van der Waals surface area contributed by atoms with Crippen LogP contribution in [-0.4, -0.2) is 36.2 Å². The fourth-order valence-electron chi connectivity index (χ4n) is 3.42. The Morgan fingerprint density at radius 1 is 1.08 bits per heavy atom. The molecule has 1 N–H and O–H groups in total. The van der Waals surface area contributed by atoms with Gasteiger partial charge in [0.25, 0.3) is 0 Å². The van der Waals surface area contributed by atoms with Crippen LogP contribution in [0, 0.1) is 6.92 Å². The van der Waals surface area contributed by atoms with Crippen LogP contribution in [0.5, 0.6) is 11.5 Å². The lowest BCUT2D eigenvalue weighted by Gasteiger charge is -2.16. The minimum atomic E-state index is 0.318. The summed E-state index contributed by atoms with van der Waals surface area (Å²) < 4.78 is 7.10. The molecule has 0 saturated carbocycles. The first-order valence-electron chi connectivity index (χ1n) is 8.88. The molecule has 1 aromatic heterocycles. The monoisotopic (exact) mass is 353 g/mol. The lowest BCUT2D eigenvalue weighted by molar-refractivity contribution is 0.237. The molecule has 0 spiro atoms. The molecule has 1 aliphatic rings. The van der Waals surface area contributed by atoms with E-state index < -0.39 is 0 Å². The molecule has 0 radical (unpaired) electrons. The number of fused-ring (bicyclic) bond motifs is 1. The molecular formula is C21H23NO2S. The molecular weight excluding hydrogens is 330 g/mol. The highest BCUT2D eigenvalue weighted by atomic mass is 32.1. The summed E-state index contributed by atoms with van der Waals surface area (Å²) in [5.74, 6) is 1.29. The van der Waals surface area contributed by atoms with Crippen molar-refractivity contribution in [2.24, 2.45) is 0 Å². The number of rotatable bonds is 5. The molecule has 2 aromatic carbocycles. The molecule has 3 aromatic rings. The molecule has 0 aliphatic carbocycles. The number of aryl methyl sites for hydroxylation is 1. The van der Waals surface area contributed by atoms with Crippen molar-refractivity contribution in [2.75, 3.05) is 26.2 Å². The summed E-state index contributed by atoms with van der Waals surface area (Å²) >= 11 is 1.71. The average molecular weight is 353 g/mol. The smallest absolute Gasteiger partial charge is 0.122 e. The van der Waals surface area contributed by atoms with E-state index in [1.165, 1.54) is 47.3 Å². The Labute approximate surface area is 152 Å². The zero-order valence-corrected chi connectivity index (χ0v) is 15.3. The van der Waals surface area contributed by atoms with Gasteiger partial charge < -0.3 is 9.84 Å². The van der Waals surface area contributed by atoms with Gasteiger partial charge in [-0.2, -0.15) is 0 Å². The van der Waals surface area contributed by atoms with E-state index in [0.717, 1.165) is 23.6 Å². The van der Waals surface area contributed by atoms with Crippen molar-refractivity contribution in [3.05, 3.63) is 48.0 Å². The number of ether oxygens (including phenoxy) is 1. The van der Waals surface area contributed by atoms with E-state index in [9.17, 15) is 5.11 Å². The van der Waals surface area contributed by atoms with E-state index in [1.807, 2.05) is 12.1 Å². The molecule has 4 heteroatoms. The van der Waals surface area contributed by atoms with E-state index in [1.54, 1.807) is 17.4 Å². The number of likely N-dealkylation sites (tertiary alicyclic amines) is 1. The van der Waals surface area contributed by atoms with Gasteiger partial charge in [0.05, 0.1) is 0 Å². The van der Waals surface area contributed by atoms with Crippen LogP contribution in [0.2, 0.25) is 0 Å². The third kappa shape index (κ3) is 3.65. The fourth-order valence-corrected chi connectivity index (χ4v) is 4.51. The predicted molar refractivity (Wildman–Crippen MR) is 105 cm³/mol. The van der Waals surface area contributed by atoms with Crippen LogP contribution in [0.25, 0.3) is 20.5 Å². The van der Waals surface area contributed by atoms with Crippen molar-refractivity contribution < 1.29 is 9.84 Å². The summed E-state index contributed by atoms with van der Waals surface area (Å²) in [6.45, 7) is 6.29. The summed E-state index contributed by atoms with van der Waals surface area (Å²) in [6.07, 6.45) is 2.64. The first-order chi connectivity index (χ1) is 12.2. The van der Waals surface area contributed by atoms with E-state index in [2.05, 4.69) is 36.1 Å². The normalized spacial score (nSPS) is 15.1. The lowest BCUT2D eigenvalue weighted by Crippen LogP contribution is -2.25. The van der Waals surface area contributed by atoms with Crippen molar-refractivity contribution in [2.45, 2.75) is 19.8 Å². The molecule has 0 bridgehead atoms. The molecule has 4 rings (SSSR count). The second kappa shape index (κ2) is 7.06. The molecule has 2 heterocycles. The van der Waals surface area contributed by atoms with Crippen LogP contribution in [0.4, 0.5) is 0 Å². The van der Waals surface area contributed by atoms with Crippen LogP contribution in [0.15, 0.2) is 42.5 Å². The molecule has 1 aliphatic heterocycles. The molecule has 1 saturated heterocycles.